The lowest BCUT2D eigenvalue weighted by Gasteiger charge is -2.13. The van der Waals surface area contributed by atoms with Crippen molar-refractivity contribution in [1.82, 2.24) is 0 Å². The number of rotatable bonds is 7. The SMILES string of the molecule is C[C@H](C[NH2+]C[C@@H]1CCCO1)COc1ccc(F)cc1. The fraction of sp³-hybridized carbons (Fsp3) is 0.600. The average Bonchev–Trinajstić information content (AvgIpc) is 2.91. The van der Waals surface area contributed by atoms with E-state index in [-0.39, 0.29) is 5.82 Å². The molecule has 2 N–H and O–H groups in total. The smallest absolute Gasteiger partial charge is 0.123 e. The summed E-state index contributed by atoms with van der Waals surface area (Å²) in [5, 5.41) is 2.30. The lowest BCUT2D eigenvalue weighted by atomic mass is 10.2. The van der Waals surface area contributed by atoms with E-state index < -0.39 is 0 Å². The Bertz CT molecular complexity index is 363. The van der Waals surface area contributed by atoms with E-state index >= 15 is 0 Å². The third-order valence-electron chi connectivity index (χ3n) is 3.37. The normalized spacial score (nSPS) is 20.4. The number of halogens is 1. The molecule has 1 heterocycles. The Hall–Kier alpha value is -1.13. The zero-order valence-electron chi connectivity index (χ0n) is 11.5. The maximum atomic E-state index is 12.7. The molecule has 1 aliphatic rings. The zero-order chi connectivity index (χ0) is 13.5. The summed E-state index contributed by atoms with van der Waals surface area (Å²) in [5.41, 5.74) is 0. The Morgan fingerprint density at radius 2 is 2.21 bits per heavy atom. The van der Waals surface area contributed by atoms with Gasteiger partial charge in [0.1, 0.15) is 24.2 Å². The third-order valence-corrected chi connectivity index (χ3v) is 3.37. The standard InChI is InChI=1S/C15H22FNO2/c1-12(9-17-10-15-3-2-8-18-15)11-19-14-6-4-13(16)5-7-14/h4-7,12,15,17H,2-3,8-11H2,1H3/p+1/t12-,15+/m1/s1. The summed E-state index contributed by atoms with van der Waals surface area (Å²) in [6.07, 6.45) is 2.82. The minimum Gasteiger partial charge on any atom is -0.493 e. The minimum absolute atomic E-state index is 0.231. The summed E-state index contributed by atoms with van der Waals surface area (Å²) >= 11 is 0. The Morgan fingerprint density at radius 1 is 1.42 bits per heavy atom. The molecule has 0 aliphatic carbocycles. The molecule has 19 heavy (non-hydrogen) atoms. The van der Waals surface area contributed by atoms with E-state index in [0.29, 0.717) is 18.6 Å². The first-order valence-electron chi connectivity index (χ1n) is 7.05. The van der Waals surface area contributed by atoms with Gasteiger partial charge in [-0.1, -0.05) is 6.92 Å². The maximum absolute atomic E-state index is 12.7. The summed E-state index contributed by atoms with van der Waals surface area (Å²) in [4.78, 5) is 0. The largest absolute Gasteiger partial charge is 0.493 e. The van der Waals surface area contributed by atoms with Crippen molar-refractivity contribution in [2.24, 2.45) is 5.92 Å². The lowest BCUT2D eigenvalue weighted by Crippen LogP contribution is -2.87. The summed E-state index contributed by atoms with van der Waals surface area (Å²) in [6, 6.07) is 6.17. The molecule has 3 nitrogen and oxygen atoms in total. The molecule has 0 radical (unpaired) electrons. The molecule has 1 fully saturated rings. The Balaban J connectivity index is 1.58. The summed E-state index contributed by atoms with van der Waals surface area (Å²) < 4.78 is 23.9. The van der Waals surface area contributed by atoms with Gasteiger partial charge in [0.15, 0.2) is 0 Å². The number of quaternary nitrogens is 1. The number of benzene rings is 1. The Kier molecular flexibility index (Phi) is 5.61. The molecule has 2 atom stereocenters. The van der Waals surface area contributed by atoms with Crippen LogP contribution >= 0.6 is 0 Å². The van der Waals surface area contributed by atoms with Gasteiger partial charge in [-0.25, -0.2) is 4.39 Å². The zero-order valence-corrected chi connectivity index (χ0v) is 11.5. The van der Waals surface area contributed by atoms with Gasteiger partial charge in [0.25, 0.3) is 0 Å². The van der Waals surface area contributed by atoms with E-state index in [4.69, 9.17) is 9.47 Å². The summed E-state index contributed by atoms with van der Waals surface area (Å²) in [7, 11) is 0. The fourth-order valence-electron chi connectivity index (χ4n) is 2.23. The van der Waals surface area contributed by atoms with Crippen LogP contribution in [0, 0.1) is 11.7 Å². The summed E-state index contributed by atoms with van der Waals surface area (Å²) in [5.74, 6) is 0.962. The van der Waals surface area contributed by atoms with Crippen molar-refractivity contribution in [3.63, 3.8) is 0 Å². The Labute approximate surface area is 114 Å². The molecule has 1 aromatic carbocycles. The van der Waals surface area contributed by atoms with Crippen LogP contribution in [0.15, 0.2) is 24.3 Å². The van der Waals surface area contributed by atoms with Crippen LogP contribution in [0.3, 0.4) is 0 Å². The van der Waals surface area contributed by atoms with E-state index in [9.17, 15) is 4.39 Å². The Morgan fingerprint density at radius 3 is 2.89 bits per heavy atom. The predicted octanol–water partition coefficient (Wildman–Crippen LogP) is 1.58. The van der Waals surface area contributed by atoms with Gasteiger partial charge in [0, 0.05) is 12.5 Å². The molecule has 0 unspecified atom stereocenters. The second-order valence-electron chi connectivity index (χ2n) is 5.27. The second-order valence-corrected chi connectivity index (χ2v) is 5.27. The highest BCUT2D eigenvalue weighted by atomic mass is 19.1. The van der Waals surface area contributed by atoms with Crippen LogP contribution in [-0.4, -0.2) is 32.4 Å². The van der Waals surface area contributed by atoms with Crippen LogP contribution in [-0.2, 0) is 4.74 Å². The van der Waals surface area contributed by atoms with E-state index in [1.165, 1.54) is 25.0 Å². The van der Waals surface area contributed by atoms with E-state index in [1.54, 1.807) is 12.1 Å². The molecule has 0 saturated carbocycles. The molecular weight excluding hydrogens is 245 g/mol. The molecule has 0 bridgehead atoms. The van der Waals surface area contributed by atoms with Crippen LogP contribution in [0.4, 0.5) is 4.39 Å². The molecular formula is C15H23FNO2+. The predicted molar refractivity (Wildman–Crippen MR) is 71.7 cm³/mol. The van der Waals surface area contributed by atoms with Gasteiger partial charge < -0.3 is 14.8 Å². The topological polar surface area (TPSA) is 35.1 Å². The second kappa shape index (κ2) is 7.46. The van der Waals surface area contributed by atoms with E-state index in [1.807, 2.05) is 0 Å². The molecule has 106 valence electrons. The number of hydrogen-bond acceptors (Lipinski definition) is 2. The molecule has 2 rings (SSSR count). The average molecular weight is 268 g/mol. The first-order valence-corrected chi connectivity index (χ1v) is 7.05. The lowest BCUT2D eigenvalue weighted by molar-refractivity contribution is -0.665. The van der Waals surface area contributed by atoms with Crippen LogP contribution in [0.5, 0.6) is 5.75 Å². The highest BCUT2D eigenvalue weighted by Gasteiger charge is 2.17. The van der Waals surface area contributed by atoms with Gasteiger partial charge in [-0.2, -0.15) is 0 Å². The van der Waals surface area contributed by atoms with E-state index in [2.05, 4.69) is 12.2 Å². The van der Waals surface area contributed by atoms with Crippen molar-refractivity contribution in [2.45, 2.75) is 25.9 Å². The first-order chi connectivity index (χ1) is 9.24. The molecule has 0 aromatic heterocycles. The van der Waals surface area contributed by atoms with Gasteiger partial charge in [0.05, 0.1) is 13.2 Å². The molecule has 1 aromatic rings. The van der Waals surface area contributed by atoms with Crippen LogP contribution in [0.2, 0.25) is 0 Å². The summed E-state index contributed by atoms with van der Waals surface area (Å²) in [6.45, 7) is 5.81. The maximum Gasteiger partial charge on any atom is 0.123 e. The van der Waals surface area contributed by atoms with Gasteiger partial charge in [0.2, 0.25) is 0 Å². The van der Waals surface area contributed by atoms with Crippen molar-refractivity contribution >= 4 is 0 Å². The monoisotopic (exact) mass is 268 g/mol. The number of nitrogens with two attached hydrogens (primary N) is 1. The van der Waals surface area contributed by atoms with Crippen molar-refractivity contribution in [3.8, 4) is 5.75 Å². The third kappa shape index (κ3) is 5.17. The van der Waals surface area contributed by atoms with Crippen molar-refractivity contribution < 1.29 is 19.2 Å². The van der Waals surface area contributed by atoms with Gasteiger partial charge in [-0.15, -0.1) is 0 Å². The van der Waals surface area contributed by atoms with Gasteiger partial charge >= 0.3 is 0 Å². The molecule has 4 heteroatoms. The van der Waals surface area contributed by atoms with Crippen LogP contribution in [0.25, 0.3) is 0 Å². The van der Waals surface area contributed by atoms with Crippen molar-refractivity contribution in [1.29, 1.82) is 0 Å². The first kappa shape index (κ1) is 14.3. The van der Waals surface area contributed by atoms with Crippen LogP contribution in [0.1, 0.15) is 19.8 Å². The van der Waals surface area contributed by atoms with Gasteiger partial charge in [-0.05, 0) is 37.1 Å². The van der Waals surface area contributed by atoms with Crippen molar-refractivity contribution in [3.05, 3.63) is 30.1 Å². The highest BCUT2D eigenvalue weighted by Crippen LogP contribution is 2.12. The quantitative estimate of drug-likeness (QED) is 0.815. The fourth-order valence-corrected chi connectivity index (χ4v) is 2.23. The van der Waals surface area contributed by atoms with E-state index in [0.717, 1.165) is 25.4 Å². The van der Waals surface area contributed by atoms with Crippen molar-refractivity contribution in [2.75, 3.05) is 26.3 Å². The van der Waals surface area contributed by atoms with Crippen LogP contribution < -0.4 is 10.1 Å². The minimum atomic E-state index is -0.231. The molecule has 0 amide bonds. The molecule has 1 aliphatic heterocycles. The molecule has 1 saturated heterocycles. The van der Waals surface area contributed by atoms with Gasteiger partial charge in [-0.3, -0.25) is 0 Å². The molecule has 0 spiro atoms. The number of ether oxygens (including phenoxy) is 2. The highest BCUT2D eigenvalue weighted by molar-refractivity contribution is 5.21. The number of hydrogen-bond donors (Lipinski definition) is 1.